The number of fused-ring (bicyclic) bond motifs is 9. The summed E-state index contributed by atoms with van der Waals surface area (Å²) in [5, 5.41) is 7.83. The van der Waals surface area contributed by atoms with E-state index in [0.717, 1.165) is 99.7 Å². The van der Waals surface area contributed by atoms with Crippen LogP contribution in [0.4, 0.5) is 0 Å². The number of aromatic amines is 4. The SMILES string of the molecule is COC(=O)[C@@H](Cc1c[nH]c2ccccc12)N=Cc1ccc2c(c1)OCO2.COC(=O)[C@@H](N)Cc1c[nH]c2ccccc12.COC(=O)[C@H](Cc1c[nH]c2ccccc12)N=Cc1ccc2c(c1)OCO2.COC(=O)[C@H]1Cc2c([nH]c3ccccc23)[C@@H](c2ccc3c(c2)OCO3)N1. The van der Waals surface area contributed by atoms with E-state index < -0.39 is 24.2 Å². The Morgan fingerprint density at radius 1 is 0.489 bits per heavy atom. The molecule has 0 spiro atoms. The molecule has 0 saturated carbocycles. The van der Waals surface area contributed by atoms with Crippen LogP contribution in [0.15, 0.2) is 180 Å². The summed E-state index contributed by atoms with van der Waals surface area (Å²) in [5.41, 5.74) is 17.9. The van der Waals surface area contributed by atoms with Gasteiger partial charge in [0.05, 0.1) is 34.5 Å². The predicted octanol–water partition coefficient (Wildman–Crippen LogP) is 10.1. The quantitative estimate of drug-likeness (QED) is 0.0316. The highest BCUT2D eigenvalue weighted by atomic mass is 16.7. The number of hydrogen-bond acceptors (Lipinski definition) is 18. The maximum atomic E-state index is 12.3. The number of methoxy groups -OCH3 is 4. The summed E-state index contributed by atoms with van der Waals surface area (Å²) in [5.74, 6) is 2.88. The lowest BCUT2D eigenvalue weighted by Gasteiger charge is -2.30. The Bertz CT molecular complexity index is 4440. The summed E-state index contributed by atoms with van der Waals surface area (Å²) in [4.78, 5) is 69.9. The van der Waals surface area contributed by atoms with Crippen molar-refractivity contribution in [3.05, 3.63) is 215 Å². The highest BCUT2D eigenvalue weighted by Crippen LogP contribution is 2.40. The Labute approximate surface area is 539 Å². The third-order valence-electron chi connectivity index (χ3n) is 16.5. The van der Waals surface area contributed by atoms with E-state index in [1.165, 1.54) is 28.4 Å². The van der Waals surface area contributed by atoms with Gasteiger partial charge < -0.3 is 73.0 Å². The Hall–Kier alpha value is -11.4. The number of nitrogens with two attached hydrogens (primary N) is 1. The van der Waals surface area contributed by atoms with Crippen LogP contribution in [0.1, 0.15) is 50.7 Å². The molecule has 4 aliphatic heterocycles. The van der Waals surface area contributed by atoms with E-state index in [9.17, 15) is 19.2 Å². The summed E-state index contributed by atoms with van der Waals surface area (Å²) in [6.45, 7) is 0.682. The Morgan fingerprint density at radius 3 is 1.37 bits per heavy atom. The average Bonchev–Trinajstić information content (AvgIpc) is 1.58. The van der Waals surface area contributed by atoms with Crippen molar-refractivity contribution < 1.29 is 66.5 Å². The third kappa shape index (κ3) is 14.1. The fourth-order valence-electron chi connectivity index (χ4n) is 11.7. The average molecular weight is 1270 g/mol. The third-order valence-corrected chi connectivity index (χ3v) is 16.5. The molecule has 0 bridgehead atoms. The minimum atomic E-state index is -0.621. The van der Waals surface area contributed by atoms with Crippen LogP contribution in [-0.2, 0) is 63.8 Å². The molecule has 7 aromatic carbocycles. The van der Waals surface area contributed by atoms with Crippen molar-refractivity contribution in [1.29, 1.82) is 0 Å². The molecule has 8 heterocycles. The number of carbonyl (C=O) groups is 4. The van der Waals surface area contributed by atoms with Crippen molar-refractivity contribution in [3.8, 4) is 34.5 Å². The normalized spacial score (nSPS) is 15.7. The van der Waals surface area contributed by atoms with Crippen molar-refractivity contribution in [2.45, 2.75) is 55.9 Å². The number of nitrogens with one attached hydrogen (secondary N) is 5. The van der Waals surface area contributed by atoms with E-state index in [4.69, 9.17) is 48.4 Å². The van der Waals surface area contributed by atoms with Gasteiger partial charge in [-0.05, 0) is 112 Å². The van der Waals surface area contributed by atoms with Gasteiger partial charge in [0.15, 0.2) is 46.6 Å². The summed E-state index contributed by atoms with van der Waals surface area (Å²) in [7, 11) is 5.52. The molecular formula is C72H68N8O14. The fraction of sp³-hybridized carbons (Fsp3) is 0.222. The molecule has 0 unspecified atom stereocenters. The van der Waals surface area contributed by atoms with Crippen LogP contribution in [0.25, 0.3) is 43.6 Å². The van der Waals surface area contributed by atoms with Crippen LogP contribution in [0.3, 0.4) is 0 Å². The van der Waals surface area contributed by atoms with E-state index in [1.54, 1.807) is 12.4 Å². The second-order valence-corrected chi connectivity index (χ2v) is 22.2. The van der Waals surface area contributed by atoms with Gasteiger partial charge in [-0.15, -0.1) is 0 Å². The Kier molecular flexibility index (Phi) is 19.3. The fourth-order valence-corrected chi connectivity index (χ4v) is 11.7. The van der Waals surface area contributed by atoms with Gasteiger partial charge in [0.2, 0.25) is 20.4 Å². The van der Waals surface area contributed by atoms with Crippen molar-refractivity contribution in [1.82, 2.24) is 25.3 Å². The predicted molar refractivity (Wildman–Crippen MR) is 353 cm³/mol. The molecule has 5 atom stereocenters. The minimum absolute atomic E-state index is 0.162. The second kappa shape index (κ2) is 28.9. The lowest BCUT2D eigenvalue weighted by atomic mass is 9.90. The monoisotopic (exact) mass is 1270 g/mol. The number of para-hydroxylation sites is 4. The molecule has 0 radical (unpaired) electrons. The molecule has 4 aliphatic rings. The summed E-state index contributed by atoms with van der Waals surface area (Å²) in [6, 6.07) is 46.6. The molecule has 0 saturated heterocycles. The summed E-state index contributed by atoms with van der Waals surface area (Å²) < 4.78 is 51.7. The number of nitrogens with zero attached hydrogens (tertiary/aromatic N) is 2. The van der Waals surface area contributed by atoms with E-state index >= 15 is 0 Å². The minimum Gasteiger partial charge on any atom is -0.468 e. The van der Waals surface area contributed by atoms with Crippen LogP contribution in [0, 0.1) is 0 Å². The second-order valence-electron chi connectivity index (χ2n) is 22.2. The highest BCUT2D eigenvalue weighted by molar-refractivity contribution is 5.91. The number of aliphatic imine (C=N–C) groups is 2. The highest BCUT2D eigenvalue weighted by Gasteiger charge is 2.35. The first-order chi connectivity index (χ1) is 45.9. The van der Waals surface area contributed by atoms with Gasteiger partial charge in [0.25, 0.3) is 0 Å². The molecule has 94 heavy (non-hydrogen) atoms. The molecule has 4 aromatic heterocycles. The standard InChI is InChI=1S/3C20H18N2O4.C12H14N2O2/c1-24-20(23)15-9-13-12-4-2-3-5-14(12)21-19(13)18(22-15)11-6-7-16-17(8-11)26-10-25-16;2*1-24-20(23)17(9-14-11-22-16-5-3-2-4-15(14)16)21-10-13-6-7-18-19(8-13)26-12-25-18;1-16-12(15)10(13)6-8-7-14-11-5-3-2-4-9(8)11/h2-8,15,18,21-22H,9-10H2,1H3;2*2-8,10-11,17,22H,9,12H2,1H3;2-5,7,10,14H,6,13H2,1H3/t15-,18-;2*17-;10-/m1100/s1. The van der Waals surface area contributed by atoms with Gasteiger partial charge in [0, 0.05) is 106 Å². The first-order valence-corrected chi connectivity index (χ1v) is 30.3. The number of hydrogen-bond donors (Lipinski definition) is 6. The van der Waals surface area contributed by atoms with E-state index in [2.05, 4.69) is 52.1 Å². The van der Waals surface area contributed by atoms with Crippen molar-refractivity contribution in [2.24, 2.45) is 15.7 Å². The Balaban J connectivity index is 0.000000122. The number of ether oxygens (including phenoxy) is 10. The van der Waals surface area contributed by atoms with Gasteiger partial charge in [-0.3, -0.25) is 24.9 Å². The maximum absolute atomic E-state index is 12.3. The van der Waals surface area contributed by atoms with Crippen LogP contribution in [0.2, 0.25) is 0 Å². The lowest BCUT2D eigenvalue weighted by Crippen LogP contribution is -2.45. The van der Waals surface area contributed by atoms with Crippen LogP contribution < -0.4 is 39.5 Å². The van der Waals surface area contributed by atoms with Gasteiger partial charge in [0.1, 0.15) is 12.1 Å². The molecular weight excluding hydrogens is 1200 g/mol. The Morgan fingerprint density at radius 2 is 0.904 bits per heavy atom. The molecule has 7 N–H and O–H groups in total. The zero-order chi connectivity index (χ0) is 65.1. The molecule has 480 valence electrons. The first-order valence-electron chi connectivity index (χ1n) is 30.3. The molecule has 0 aliphatic carbocycles. The smallest absolute Gasteiger partial charge is 0.330 e. The molecule has 0 fully saturated rings. The molecule has 11 aromatic rings. The molecule has 22 nitrogen and oxygen atoms in total. The van der Waals surface area contributed by atoms with Crippen molar-refractivity contribution >= 4 is 79.9 Å². The van der Waals surface area contributed by atoms with E-state index in [-0.39, 0.29) is 50.3 Å². The summed E-state index contributed by atoms with van der Waals surface area (Å²) >= 11 is 0. The number of rotatable bonds is 15. The molecule has 0 amide bonds. The van der Waals surface area contributed by atoms with Crippen molar-refractivity contribution in [3.63, 3.8) is 0 Å². The number of aromatic nitrogens is 4. The number of carbonyl (C=O) groups excluding carboxylic acids is 4. The van der Waals surface area contributed by atoms with Crippen LogP contribution in [-0.4, -0.2) is 129 Å². The molecule has 22 heteroatoms. The molecule has 15 rings (SSSR count). The topological polar surface area (TPSA) is 287 Å². The number of esters is 4. The van der Waals surface area contributed by atoms with Gasteiger partial charge in [-0.25, -0.2) is 9.59 Å². The maximum Gasteiger partial charge on any atom is 0.330 e. The number of H-pyrrole nitrogens is 4. The summed E-state index contributed by atoms with van der Waals surface area (Å²) in [6.07, 6.45) is 11.0. The van der Waals surface area contributed by atoms with Gasteiger partial charge >= 0.3 is 23.9 Å². The van der Waals surface area contributed by atoms with E-state index in [1.807, 2.05) is 158 Å². The van der Waals surface area contributed by atoms with Crippen LogP contribution >= 0.6 is 0 Å². The van der Waals surface area contributed by atoms with E-state index in [0.29, 0.717) is 48.7 Å². The van der Waals surface area contributed by atoms with Crippen LogP contribution in [0.5, 0.6) is 34.5 Å². The zero-order valence-corrected chi connectivity index (χ0v) is 51.8. The first kappa shape index (κ1) is 62.8. The number of benzene rings is 7. The van der Waals surface area contributed by atoms with Gasteiger partial charge in [-0.1, -0.05) is 78.9 Å². The largest absolute Gasteiger partial charge is 0.468 e. The van der Waals surface area contributed by atoms with Gasteiger partial charge in [-0.2, -0.15) is 0 Å². The zero-order valence-electron chi connectivity index (χ0n) is 51.8. The lowest BCUT2D eigenvalue weighted by molar-refractivity contribution is -0.144. The van der Waals surface area contributed by atoms with Crippen molar-refractivity contribution in [2.75, 3.05) is 48.8 Å².